The fourth-order valence-electron chi connectivity index (χ4n) is 2.52. The minimum Gasteiger partial charge on any atom is -0.495 e. The van der Waals surface area contributed by atoms with Gasteiger partial charge < -0.3 is 10.1 Å². The van der Waals surface area contributed by atoms with Gasteiger partial charge in [-0.05, 0) is 43.5 Å². The molecule has 1 aromatic carbocycles. The molecule has 1 aliphatic rings. The van der Waals surface area contributed by atoms with Crippen molar-refractivity contribution in [1.29, 1.82) is 0 Å². The summed E-state index contributed by atoms with van der Waals surface area (Å²) >= 11 is 6.05. The fourth-order valence-corrected chi connectivity index (χ4v) is 2.71. The molecule has 0 bridgehead atoms. The Morgan fingerprint density at radius 3 is 2.88 bits per heavy atom. The van der Waals surface area contributed by atoms with Crippen LogP contribution in [0.15, 0.2) is 18.2 Å². The van der Waals surface area contributed by atoms with Crippen molar-refractivity contribution in [2.45, 2.75) is 31.7 Å². The van der Waals surface area contributed by atoms with E-state index in [1.54, 1.807) is 7.11 Å². The van der Waals surface area contributed by atoms with Crippen molar-refractivity contribution in [1.82, 2.24) is 5.32 Å². The number of benzene rings is 1. The van der Waals surface area contributed by atoms with Gasteiger partial charge in [0.2, 0.25) is 0 Å². The first-order valence-corrected chi connectivity index (χ1v) is 6.19. The Kier molecular flexibility index (Phi) is 3.41. The molecule has 1 aliphatic heterocycles. The Morgan fingerprint density at radius 2 is 2.31 bits per heavy atom. The summed E-state index contributed by atoms with van der Waals surface area (Å²) in [7, 11) is 1.66. The molecule has 1 heterocycles. The van der Waals surface area contributed by atoms with E-state index in [1.165, 1.54) is 18.4 Å². The van der Waals surface area contributed by atoms with Crippen LogP contribution in [-0.2, 0) is 5.54 Å². The van der Waals surface area contributed by atoms with E-state index in [4.69, 9.17) is 16.3 Å². The monoisotopic (exact) mass is 239 g/mol. The molecule has 88 valence electrons. The molecule has 1 atom stereocenters. The van der Waals surface area contributed by atoms with E-state index in [-0.39, 0.29) is 5.54 Å². The first-order valence-electron chi connectivity index (χ1n) is 5.81. The van der Waals surface area contributed by atoms with Crippen LogP contribution in [-0.4, -0.2) is 13.7 Å². The smallest absolute Gasteiger partial charge is 0.137 e. The lowest BCUT2D eigenvalue weighted by Crippen LogP contribution is -2.35. The van der Waals surface area contributed by atoms with Gasteiger partial charge in [0.05, 0.1) is 12.1 Å². The second-order valence-corrected chi connectivity index (χ2v) is 4.72. The molecule has 1 fully saturated rings. The molecule has 0 amide bonds. The lowest BCUT2D eigenvalue weighted by Gasteiger charge is -2.29. The highest BCUT2D eigenvalue weighted by Crippen LogP contribution is 2.37. The minimum absolute atomic E-state index is 0.123. The van der Waals surface area contributed by atoms with Crippen LogP contribution >= 0.6 is 11.6 Å². The van der Waals surface area contributed by atoms with E-state index in [2.05, 4.69) is 24.4 Å². The summed E-state index contributed by atoms with van der Waals surface area (Å²) in [5.74, 6) is 0.765. The molecule has 3 heteroatoms. The number of ether oxygens (including phenoxy) is 1. The summed E-state index contributed by atoms with van der Waals surface area (Å²) in [5.41, 5.74) is 1.41. The predicted molar refractivity (Wildman–Crippen MR) is 67.2 cm³/mol. The number of methoxy groups -OCH3 is 1. The lowest BCUT2D eigenvalue weighted by molar-refractivity contribution is 0.370. The van der Waals surface area contributed by atoms with Crippen molar-refractivity contribution < 1.29 is 4.74 Å². The van der Waals surface area contributed by atoms with Gasteiger partial charge in [0.25, 0.3) is 0 Å². The normalized spacial score (nSPS) is 24.7. The van der Waals surface area contributed by atoms with Crippen LogP contribution in [0.2, 0.25) is 5.02 Å². The molecule has 0 saturated carbocycles. The van der Waals surface area contributed by atoms with Gasteiger partial charge in [0, 0.05) is 5.54 Å². The van der Waals surface area contributed by atoms with E-state index in [1.807, 2.05) is 6.07 Å². The molecule has 1 N–H and O–H groups in total. The van der Waals surface area contributed by atoms with Gasteiger partial charge >= 0.3 is 0 Å². The Morgan fingerprint density at radius 1 is 1.50 bits per heavy atom. The largest absolute Gasteiger partial charge is 0.495 e. The van der Waals surface area contributed by atoms with Crippen molar-refractivity contribution in [3.63, 3.8) is 0 Å². The molecule has 2 nitrogen and oxygen atoms in total. The third kappa shape index (κ3) is 1.92. The standard InChI is InChI=1S/C13H18ClNO/c1-3-13(7-4-8-15-13)10-5-6-11(14)12(9-10)16-2/h5-6,9,15H,3-4,7-8H2,1-2H3. The number of rotatable bonds is 3. The van der Waals surface area contributed by atoms with Crippen molar-refractivity contribution in [3.8, 4) is 5.75 Å². The van der Waals surface area contributed by atoms with E-state index in [0.717, 1.165) is 18.7 Å². The Hall–Kier alpha value is -0.730. The molecule has 16 heavy (non-hydrogen) atoms. The van der Waals surface area contributed by atoms with Crippen LogP contribution in [0.1, 0.15) is 31.7 Å². The van der Waals surface area contributed by atoms with E-state index >= 15 is 0 Å². The van der Waals surface area contributed by atoms with Gasteiger partial charge in [-0.15, -0.1) is 0 Å². The zero-order valence-corrected chi connectivity index (χ0v) is 10.6. The van der Waals surface area contributed by atoms with Crippen molar-refractivity contribution in [3.05, 3.63) is 28.8 Å². The summed E-state index contributed by atoms with van der Waals surface area (Å²) in [6.07, 6.45) is 3.52. The topological polar surface area (TPSA) is 21.3 Å². The van der Waals surface area contributed by atoms with Gasteiger partial charge in [0.1, 0.15) is 5.75 Å². The number of halogens is 1. The predicted octanol–water partition coefficient (Wildman–Crippen LogP) is 3.34. The van der Waals surface area contributed by atoms with Gasteiger partial charge in [0.15, 0.2) is 0 Å². The highest BCUT2D eigenvalue weighted by molar-refractivity contribution is 6.32. The second-order valence-electron chi connectivity index (χ2n) is 4.32. The summed E-state index contributed by atoms with van der Waals surface area (Å²) in [6, 6.07) is 6.09. The molecule has 1 unspecified atom stereocenters. The molecule has 2 rings (SSSR count). The van der Waals surface area contributed by atoms with Crippen molar-refractivity contribution in [2.24, 2.45) is 0 Å². The molecule has 1 aromatic rings. The van der Waals surface area contributed by atoms with Crippen LogP contribution in [0.25, 0.3) is 0 Å². The van der Waals surface area contributed by atoms with E-state index in [9.17, 15) is 0 Å². The Labute approximate surface area is 102 Å². The summed E-state index contributed by atoms with van der Waals surface area (Å²) < 4.78 is 5.27. The molecular weight excluding hydrogens is 222 g/mol. The summed E-state index contributed by atoms with van der Waals surface area (Å²) in [5, 5.41) is 4.28. The molecular formula is C13H18ClNO. The fraction of sp³-hybridized carbons (Fsp3) is 0.538. The average Bonchev–Trinajstić information content (AvgIpc) is 2.79. The lowest BCUT2D eigenvalue weighted by atomic mass is 9.86. The number of hydrogen-bond donors (Lipinski definition) is 1. The van der Waals surface area contributed by atoms with Crippen LogP contribution < -0.4 is 10.1 Å². The molecule has 0 spiro atoms. The molecule has 0 aliphatic carbocycles. The second kappa shape index (κ2) is 4.64. The number of hydrogen-bond acceptors (Lipinski definition) is 2. The third-order valence-corrected chi connectivity index (χ3v) is 3.86. The summed E-state index contributed by atoms with van der Waals surface area (Å²) in [4.78, 5) is 0. The zero-order valence-electron chi connectivity index (χ0n) is 9.85. The van der Waals surface area contributed by atoms with Gasteiger partial charge in [-0.3, -0.25) is 0 Å². The van der Waals surface area contributed by atoms with Crippen LogP contribution in [0, 0.1) is 0 Å². The van der Waals surface area contributed by atoms with Gasteiger partial charge in [-0.25, -0.2) is 0 Å². The van der Waals surface area contributed by atoms with Gasteiger partial charge in [-0.2, -0.15) is 0 Å². The maximum Gasteiger partial charge on any atom is 0.137 e. The molecule has 1 saturated heterocycles. The van der Waals surface area contributed by atoms with Crippen LogP contribution in [0.3, 0.4) is 0 Å². The molecule has 0 aromatic heterocycles. The summed E-state index contributed by atoms with van der Waals surface area (Å²) in [6.45, 7) is 3.32. The maximum atomic E-state index is 6.05. The van der Waals surface area contributed by atoms with Crippen LogP contribution in [0.5, 0.6) is 5.75 Å². The van der Waals surface area contributed by atoms with Crippen LogP contribution in [0.4, 0.5) is 0 Å². The molecule has 0 radical (unpaired) electrons. The van der Waals surface area contributed by atoms with Crippen molar-refractivity contribution >= 4 is 11.6 Å². The highest BCUT2D eigenvalue weighted by Gasteiger charge is 2.33. The SMILES string of the molecule is CCC1(c2ccc(Cl)c(OC)c2)CCCN1. The Balaban J connectivity index is 2.38. The number of nitrogens with one attached hydrogen (secondary N) is 1. The minimum atomic E-state index is 0.123. The maximum absolute atomic E-state index is 6.05. The first kappa shape index (κ1) is 11.7. The quantitative estimate of drug-likeness (QED) is 0.874. The average molecular weight is 240 g/mol. The Bertz CT molecular complexity index is 372. The van der Waals surface area contributed by atoms with Gasteiger partial charge in [-0.1, -0.05) is 24.6 Å². The van der Waals surface area contributed by atoms with Crippen molar-refractivity contribution in [2.75, 3.05) is 13.7 Å². The first-order chi connectivity index (χ1) is 7.72. The van der Waals surface area contributed by atoms with E-state index in [0.29, 0.717) is 5.02 Å². The highest BCUT2D eigenvalue weighted by atomic mass is 35.5. The zero-order chi connectivity index (χ0) is 11.6. The third-order valence-electron chi connectivity index (χ3n) is 3.55. The van der Waals surface area contributed by atoms with E-state index < -0.39 is 0 Å².